The van der Waals surface area contributed by atoms with Gasteiger partial charge in [0.15, 0.2) is 11.6 Å². The van der Waals surface area contributed by atoms with Crippen LogP contribution < -0.4 is 4.74 Å². The number of benzene rings is 1. The van der Waals surface area contributed by atoms with Gasteiger partial charge in [0.05, 0.1) is 12.8 Å². The Bertz CT molecular complexity index is 373. The van der Waals surface area contributed by atoms with Gasteiger partial charge in [0.1, 0.15) is 0 Å². The third-order valence-corrected chi connectivity index (χ3v) is 1.37. The van der Waals surface area contributed by atoms with E-state index in [1.54, 1.807) is 0 Å². The monoisotopic (exact) mass is 185 g/mol. The smallest absolute Gasteiger partial charge is 0.240 e. The van der Waals surface area contributed by atoms with Crippen LogP contribution in [-0.4, -0.2) is 13.2 Å². The molecule has 1 rings (SSSR count). The Morgan fingerprint density at radius 3 is 2.69 bits per heavy atom. The van der Waals surface area contributed by atoms with Crippen LogP contribution in [-0.2, 0) is 4.79 Å². The quantitative estimate of drug-likeness (QED) is 0.521. The predicted octanol–water partition coefficient (Wildman–Crippen LogP) is 1.94. The number of isocyanates is 1. The van der Waals surface area contributed by atoms with E-state index < -0.39 is 11.6 Å². The summed E-state index contributed by atoms with van der Waals surface area (Å²) < 4.78 is 30.0. The molecule has 0 aliphatic rings. The Labute approximate surface area is 72.7 Å². The number of aliphatic imine (C=N–C) groups is 1. The van der Waals surface area contributed by atoms with E-state index in [9.17, 15) is 13.6 Å². The lowest BCUT2D eigenvalue weighted by atomic mass is 10.3. The lowest BCUT2D eigenvalue weighted by Crippen LogP contribution is -1.91. The molecular formula is C8H5F2NO2. The minimum atomic E-state index is -1.12. The molecule has 0 N–H and O–H groups in total. The van der Waals surface area contributed by atoms with Gasteiger partial charge in [0.25, 0.3) is 0 Å². The second-order valence-corrected chi connectivity index (χ2v) is 2.15. The van der Waals surface area contributed by atoms with Gasteiger partial charge in [-0.05, 0) is 0 Å². The summed E-state index contributed by atoms with van der Waals surface area (Å²) in [5.74, 6) is -2.52. The highest BCUT2D eigenvalue weighted by atomic mass is 19.2. The van der Waals surface area contributed by atoms with E-state index in [4.69, 9.17) is 0 Å². The van der Waals surface area contributed by atoms with Crippen LogP contribution in [0.2, 0.25) is 0 Å². The van der Waals surface area contributed by atoms with Gasteiger partial charge in [-0.25, -0.2) is 9.18 Å². The van der Waals surface area contributed by atoms with Crippen LogP contribution in [0.4, 0.5) is 14.5 Å². The highest BCUT2D eigenvalue weighted by Crippen LogP contribution is 2.25. The molecule has 13 heavy (non-hydrogen) atoms. The number of ether oxygens (including phenoxy) is 1. The van der Waals surface area contributed by atoms with Crippen LogP contribution in [0.1, 0.15) is 0 Å². The Morgan fingerprint density at radius 1 is 1.46 bits per heavy atom. The van der Waals surface area contributed by atoms with E-state index in [-0.39, 0.29) is 11.4 Å². The number of carbonyl (C=O) groups excluding carboxylic acids is 1. The van der Waals surface area contributed by atoms with E-state index in [0.717, 1.165) is 12.1 Å². The van der Waals surface area contributed by atoms with Crippen molar-refractivity contribution in [1.29, 1.82) is 0 Å². The Hall–Kier alpha value is -1.74. The molecule has 1 aromatic rings. The number of methoxy groups -OCH3 is 1. The van der Waals surface area contributed by atoms with Gasteiger partial charge in [-0.3, -0.25) is 0 Å². The molecule has 0 spiro atoms. The van der Waals surface area contributed by atoms with Crippen LogP contribution >= 0.6 is 0 Å². The van der Waals surface area contributed by atoms with Crippen molar-refractivity contribution in [3.63, 3.8) is 0 Å². The lowest BCUT2D eigenvalue weighted by Gasteiger charge is -2.02. The summed E-state index contributed by atoms with van der Waals surface area (Å²) in [4.78, 5) is 12.9. The second kappa shape index (κ2) is 3.78. The van der Waals surface area contributed by atoms with Gasteiger partial charge in [-0.15, -0.1) is 0 Å². The van der Waals surface area contributed by atoms with Gasteiger partial charge < -0.3 is 4.74 Å². The van der Waals surface area contributed by atoms with Gasteiger partial charge in [0, 0.05) is 12.1 Å². The summed E-state index contributed by atoms with van der Waals surface area (Å²) >= 11 is 0. The topological polar surface area (TPSA) is 38.7 Å². The van der Waals surface area contributed by atoms with Crippen LogP contribution in [0.25, 0.3) is 0 Å². The molecule has 1 aromatic carbocycles. The van der Waals surface area contributed by atoms with Crippen molar-refractivity contribution in [2.24, 2.45) is 4.99 Å². The fourth-order valence-electron chi connectivity index (χ4n) is 0.816. The highest BCUT2D eigenvalue weighted by molar-refractivity contribution is 5.52. The van der Waals surface area contributed by atoms with E-state index >= 15 is 0 Å². The average Bonchev–Trinajstić information content (AvgIpc) is 2.11. The molecule has 0 unspecified atom stereocenters. The molecule has 68 valence electrons. The normalized spacial score (nSPS) is 9.15. The molecule has 3 nitrogen and oxygen atoms in total. The zero-order chi connectivity index (χ0) is 9.84. The molecular weight excluding hydrogens is 180 g/mol. The minimum Gasteiger partial charge on any atom is -0.493 e. The largest absolute Gasteiger partial charge is 0.493 e. The van der Waals surface area contributed by atoms with Crippen molar-refractivity contribution in [3.05, 3.63) is 23.8 Å². The van der Waals surface area contributed by atoms with Crippen LogP contribution in [0.3, 0.4) is 0 Å². The number of nitrogens with zero attached hydrogens (tertiary/aromatic N) is 1. The van der Waals surface area contributed by atoms with Crippen molar-refractivity contribution in [3.8, 4) is 5.75 Å². The predicted molar refractivity (Wildman–Crippen MR) is 40.7 cm³/mol. The summed E-state index contributed by atoms with van der Waals surface area (Å²) in [5, 5.41) is 0. The summed E-state index contributed by atoms with van der Waals surface area (Å²) in [5.41, 5.74) is -0.0363. The summed E-state index contributed by atoms with van der Waals surface area (Å²) in [6, 6.07) is 1.88. The fourth-order valence-corrected chi connectivity index (χ4v) is 0.816. The fraction of sp³-hybridized carbons (Fsp3) is 0.125. The average molecular weight is 185 g/mol. The highest BCUT2D eigenvalue weighted by Gasteiger charge is 2.10. The summed E-state index contributed by atoms with van der Waals surface area (Å²) in [6.07, 6.45) is 1.21. The first kappa shape index (κ1) is 9.35. The van der Waals surface area contributed by atoms with Crippen molar-refractivity contribution < 1.29 is 18.3 Å². The van der Waals surface area contributed by atoms with E-state index in [1.807, 2.05) is 0 Å². The SMILES string of the molecule is COc1cc(N=C=O)cc(F)c1F. The number of halogens is 2. The van der Waals surface area contributed by atoms with Crippen LogP contribution in [0, 0.1) is 11.6 Å². The maximum absolute atomic E-state index is 12.8. The zero-order valence-electron chi connectivity index (χ0n) is 6.67. The maximum Gasteiger partial charge on any atom is 0.240 e. The van der Waals surface area contributed by atoms with Gasteiger partial charge in [0.2, 0.25) is 11.9 Å². The van der Waals surface area contributed by atoms with Gasteiger partial charge >= 0.3 is 0 Å². The summed E-state index contributed by atoms with van der Waals surface area (Å²) in [6.45, 7) is 0. The van der Waals surface area contributed by atoms with E-state index in [2.05, 4.69) is 9.73 Å². The molecule has 0 bridgehead atoms. The Balaban J connectivity index is 3.29. The third kappa shape index (κ3) is 1.89. The van der Waals surface area contributed by atoms with Gasteiger partial charge in [-0.1, -0.05) is 0 Å². The molecule has 5 heteroatoms. The molecule has 0 saturated heterocycles. The van der Waals surface area contributed by atoms with Crippen LogP contribution in [0.15, 0.2) is 17.1 Å². The second-order valence-electron chi connectivity index (χ2n) is 2.15. The van der Waals surface area contributed by atoms with Gasteiger partial charge in [-0.2, -0.15) is 9.38 Å². The molecule has 0 saturated carbocycles. The maximum atomic E-state index is 12.8. The molecule has 0 heterocycles. The first-order valence-corrected chi connectivity index (χ1v) is 3.30. The Kier molecular flexibility index (Phi) is 2.72. The minimum absolute atomic E-state index is 0.0363. The van der Waals surface area contributed by atoms with E-state index in [0.29, 0.717) is 0 Å². The van der Waals surface area contributed by atoms with Crippen molar-refractivity contribution in [1.82, 2.24) is 0 Å². The van der Waals surface area contributed by atoms with Crippen molar-refractivity contribution >= 4 is 11.8 Å². The lowest BCUT2D eigenvalue weighted by molar-refractivity contribution is 0.372. The van der Waals surface area contributed by atoms with Crippen molar-refractivity contribution in [2.75, 3.05) is 7.11 Å². The molecule has 0 aliphatic carbocycles. The Morgan fingerprint density at radius 2 is 2.15 bits per heavy atom. The van der Waals surface area contributed by atoms with E-state index in [1.165, 1.54) is 13.2 Å². The van der Waals surface area contributed by atoms with Crippen molar-refractivity contribution in [2.45, 2.75) is 0 Å². The third-order valence-electron chi connectivity index (χ3n) is 1.37. The molecule has 0 atom stereocenters. The zero-order valence-corrected chi connectivity index (χ0v) is 6.67. The number of hydrogen-bond donors (Lipinski definition) is 0. The first-order chi connectivity index (χ1) is 6.19. The summed E-state index contributed by atoms with van der Waals surface area (Å²) in [7, 11) is 1.19. The number of rotatable bonds is 2. The molecule has 0 aliphatic heterocycles. The number of hydrogen-bond acceptors (Lipinski definition) is 3. The molecule has 0 aromatic heterocycles. The molecule has 0 amide bonds. The molecule has 0 radical (unpaired) electrons. The standard InChI is InChI=1S/C8H5F2NO2/c1-13-7-3-5(11-4-12)2-6(9)8(7)10/h2-3H,1H3. The first-order valence-electron chi connectivity index (χ1n) is 3.30. The molecule has 0 fully saturated rings. The van der Waals surface area contributed by atoms with Crippen LogP contribution in [0.5, 0.6) is 5.75 Å².